The number of anilines is 2. The zero-order valence-corrected chi connectivity index (χ0v) is 13.3. The summed E-state index contributed by atoms with van der Waals surface area (Å²) in [6.07, 6.45) is 0. The molecule has 1 saturated heterocycles. The van der Waals surface area contributed by atoms with Crippen LogP contribution >= 0.6 is 11.3 Å². The van der Waals surface area contributed by atoms with Gasteiger partial charge in [0.1, 0.15) is 15.6 Å². The molecule has 0 saturated carbocycles. The van der Waals surface area contributed by atoms with E-state index in [-0.39, 0.29) is 5.91 Å². The lowest BCUT2D eigenvalue weighted by atomic mass is 10.3. The second kappa shape index (κ2) is 5.88. The number of methoxy groups -OCH3 is 1. The van der Waals surface area contributed by atoms with Crippen molar-refractivity contribution in [1.29, 1.82) is 0 Å². The molecule has 0 aromatic carbocycles. The van der Waals surface area contributed by atoms with Crippen molar-refractivity contribution >= 4 is 27.9 Å². The first kappa shape index (κ1) is 14.9. The van der Waals surface area contributed by atoms with Crippen LogP contribution in [0, 0.1) is 0 Å². The first-order valence-corrected chi connectivity index (χ1v) is 7.38. The Bertz CT molecular complexity index is 493. The molecule has 112 valence electrons. The van der Waals surface area contributed by atoms with Gasteiger partial charge in [0.2, 0.25) is 0 Å². The molecule has 1 aliphatic heterocycles. The third kappa shape index (κ3) is 2.69. The smallest absolute Gasteiger partial charge is 0.265 e. The van der Waals surface area contributed by atoms with Crippen LogP contribution in [0.3, 0.4) is 0 Å². The molecule has 1 aromatic rings. The largest absolute Gasteiger partial charge is 0.492 e. The number of amides is 1. The summed E-state index contributed by atoms with van der Waals surface area (Å²) in [5.74, 6) is 0.552. The molecule has 0 spiro atoms. The summed E-state index contributed by atoms with van der Waals surface area (Å²) in [5, 5.41) is 0.961. The molecule has 1 amide bonds. The predicted octanol–water partition coefficient (Wildman–Crippen LogP) is 0.792. The quantitative estimate of drug-likeness (QED) is 0.894. The maximum atomic E-state index is 12.2. The zero-order chi connectivity index (χ0) is 14.9. The molecule has 0 atom stereocenters. The number of hydrogen-bond donors (Lipinski definition) is 1. The van der Waals surface area contributed by atoms with Crippen LogP contribution in [0.5, 0.6) is 5.75 Å². The van der Waals surface area contributed by atoms with Crippen molar-refractivity contribution in [1.82, 2.24) is 9.80 Å². The SMILES string of the molecule is COc1c(N2CCN(C)CC2)sc(C(=O)N(C)C)c1N. The van der Waals surface area contributed by atoms with Gasteiger partial charge in [-0.05, 0) is 7.05 Å². The van der Waals surface area contributed by atoms with E-state index in [9.17, 15) is 4.79 Å². The van der Waals surface area contributed by atoms with E-state index >= 15 is 0 Å². The van der Waals surface area contributed by atoms with E-state index in [1.165, 1.54) is 16.2 Å². The normalized spacial score (nSPS) is 16.3. The van der Waals surface area contributed by atoms with Crippen LogP contribution in [0.25, 0.3) is 0 Å². The zero-order valence-electron chi connectivity index (χ0n) is 12.5. The summed E-state index contributed by atoms with van der Waals surface area (Å²) >= 11 is 1.42. The minimum Gasteiger partial charge on any atom is -0.492 e. The summed E-state index contributed by atoms with van der Waals surface area (Å²) in [7, 11) is 7.16. The highest BCUT2D eigenvalue weighted by molar-refractivity contribution is 7.19. The molecule has 2 N–H and O–H groups in total. The molecule has 0 radical (unpaired) electrons. The van der Waals surface area contributed by atoms with Crippen molar-refractivity contribution < 1.29 is 9.53 Å². The molecule has 0 bridgehead atoms. The number of nitrogens with zero attached hydrogens (tertiary/aromatic N) is 3. The minimum atomic E-state index is -0.0776. The third-order valence-electron chi connectivity index (χ3n) is 3.48. The number of thiophene rings is 1. The van der Waals surface area contributed by atoms with Gasteiger partial charge in [-0.15, -0.1) is 11.3 Å². The van der Waals surface area contributed by atoms with Crippen molar-refractivity contribution in [3.63, 3.8) is 0 Å². The molecule has 2 heterocycles. The average molecular weight is 298 g/mol. The summed E-state index contributed by atoms with van der Waals surface area (Å²) < 4.78 is 5.43. The van der Waals surface area contributed by atoms with E-state index in [0.29, 0.717) is 16.3 Å². The molecule has 7 heteroatoms. The van der Waals surface area contributed by atoms with Crippen LogP contribution < -0.4 is 15.4 Å². The van der Waals surface area contributed by atoms with Gasteiger partial charge in [0.15, 0.2) is 5.75 Å². The summed E-state index contributed by atoms with van der Waals surface area (Å²) in [4.78, 5) is 18.8. The van der Waals surface area contributed by atoms with Gasteiger partial charge in [-0.2, -0.15) is 0 Å². The van der Waals surface area contributed by atoms with Crippen molar-refractivity contribution in [3.8, 4) is 5.75 Å². The van der Waals surface area contributed by atoms with E-state index in [1.807, 2.05) is 0 Å². The van der Waals surface area contributed by atoms with E-state index < -0.39 is 0 Å². The van der Waals surface area contributed by atoms with Gasteiger partial charge >= 0.3 is 0 Å². The highest BCUT2D eigenvalue weighted by Crippen LogP contribution is 2.45. The number of ether oxygens (including phenoxy) is 1. The second-order valence-corrected chi connectivity index (χ2v) is 6.17. The van der Waals surface area contributed by atoms with Gasteiger partial charge in [-0.3, -0.25) is 4.79 Å². The molecule has 2 rings (SSSR count). The molecule has 1 fully saturated rings. The van der Waals surface area contributed by atoms with Crippen LogP contribution in [0.1, 0.15) is 9.67 Å². The summed E-state index contributed by atoms with van der Waals surface area (Å²) in [6, 6.07) is 0. The van der Waals surface area contributed by atoms with Gasteiger partial charge in [0.25, 0.3) is 5.91 Å². The lowest BCUT2D eigenvalue weighted by Crippen LogP contribution is -2.44. The third-order valence-corrected chi connectivity index (χ3v) is 4.71. The van der Waals surface area contributed by atoms with Gasteiger partial charge in [0, 0.05) is 40.3 Å². The number of rotatable bonds is 3. The number of nitrogens with two attached hydrogens (primary N) is 1. The molecule has 0 aliphatic carbocycles. The van der Waals surface area contributed by atoms with Crippen LogP contribution in [0.15, 0.2) is 0 Å². The number of nitrogen functional groups attached to an aromatic ring is 1. The molecule has 1 aromatic heterocycles. The Morgan fingerprint density at radius 3 is 2.40 bits per heavy atom. The topological polar surface area (TPSA) is 62.0 Å². The van der Waals surface area contributed by atoms with Crippen LogP contribution in [-0.4, -0.2) is 70.1 Å². The molecule has 6 nitrogen and oxygen atoms in total. The Kier molecular flexibility index (Phi) is 4.39. The average Bonchev–Trinajstić information content (AvgIpc) is 2.75. The fourth-order valence-electron chi connectivity index (χ4n) is 2.19. The molecular formula is C13H22N4O2S. The number of hydrogen-bond acceptors (Lipinski definition) is 6. The van der Waals surface area contributed by atoms with E-state index in [1.54, 1.807) is 21.2 Å². The van der Waals surface area contributed by atoms with Crippen molar-refractivity contribution in [2.45, 2.75) is 0 Å². The Balaban J connectivity index is 2.33. The first-order valence-electron chi connectivity index (χ1n) is 6.57. The molecular weight excluding hydrogens is 276 g/mol. The van der Waals surface area contributed by atoms with Gasteiger partial charge < -0.3 is 25.2 Å². The van der Waals surface area contributed by atoms with Crippen molar-refractivity contribution in [2.24, 2.45) is 0 Å². The molecule has 1 aliphatic rings. The fourth-order valence-corrected chi connectivity index (χ4v) is 3.46. The maximum absolute atomic E-state index is 12.2. The first-order chi connectivity index (χ1) is 9.45. The van der Waals surface area contributed by atoms with Crippen LogP contribution in [0.4, 0.5) is 10.7 Å². The molecule has 0 unspecified atom stereocenters. The lowest BCUT2D eigenvalue weighted by molar-refractivity contribution is 0.0833. The maximum Gasteiger partial charge on any atom is 0.265 e. The van der Waals surface area contributed by atoms with Gasteiger partial charge in [0.05, 0.1) is 7.11 Å². The Morgan fingerprint density at radius 1 is 1.30 bits per heavy atom. The highest BCUT2D eigenvalue weighted by Gasteiger charge is 2.27. The summed E-state index contributed by atoms with van der Waals surface area (Å²) in [6.45, 7) is 3.83. The van der Waals surface area contributed by atoms with Crippen LogP contribution in [-0.2, 0) is 0 Å². The highest BCUT2D eigenvalue weighted by atomic mass is 32.1. The van der Waals surface area contributed by atoms with Gasteiger partial charge in [-0.1, -0.05) is 0 Å². The monoisotopic (exact) mass is 298 g/mol. The van der Waals surface area contributed by atoms with Crippen molar-refractivity contribution in [2.75, 3.05) is 65.1 Å². The van der Waals surface area contributed by atoms with E-state index in [2.05, 4.69) is 16.8 Å². The molecule has 20 heavy (non-hydrogen) atoms. The number of carbonyl (C=O) groups excluding carboxylic acids is 1. The number of carbonyl (C=O) groups is 1. The van der Waals surface area contributed by atoms with Crippen LogP contribution in [0.2, 0.25) is 0 Å². The van der Waals surface area contributed by atoms with E-state index in [4.69, 9.17) is 10.5 Å². The number of likely N-dealkylation sites (N-methyl/N-ethyl adjacent to an activating group) is 1. The fraction of sp³-hybridized carbons (Fsp3) is 0.615. The second-order valence-electron chi connectivity index (χ2n) is 5.17. The van der Waals surface area contributed by atoms with E-state index in [0.717, 1.165) is 31.2 Å². The Morgan fingerprint density at radius 2 is 1.90 bits per heavy atom. The predicted molar refractivity (Wildman–Crippen MR) is 83.0 cm³/mol. The lowest BCUT2D eigenvalue weighted by Gasteiger charge is -2.33. The summed E-state index contributed by atoms with van der Waals surface area (Å²) in [5.41, 5.74) is 6.54. The van der Waals surface area contributed by atoms with Crippen molar-refractivity contribution in [3.05, 3.63) is 4.88 Å². The Hall–Kier alpha value is -1.47. The minimum absolute atomic E-state index is 0.0776. The number of piperazine rings is 1. The standard InChI is InChI=1S/C13H22N4O2S/c1-15(2)12(18)11-9(14)10(19-4)13(20-11)17-7-5-16(3)6-8-17/h5-8,14H2,1-4H3. The Labute approximate surface area is 123 Å². The van der Waals surface area contributed by atoms with Gasteiger partial charge in [-0.25, -0.2) is 0 Å².